The van der Waals surface area contributed by atoms with E-state index in [-0.39, 0.29) is 12.2 Å². The highest BCUT2D eigenvalue weighted by molar-refractivity contribution is 7.92. The zero-order chi connectivity index (χ0) is 23.2. The lowest BCUT2D eigenvalue weighted by Crippen LogP contribution is -2.46. The topological polar surface area (TPSA) is 66.9 Å². The average molecular weight is 451 g/mol. The van der Waals surface area contributed by atoms with Crippen molar-refractivity contribution in [2.75, 3.05) is 53.6 Å². The van der Waals surface area contributed by atoms with Crippen molar-refractivity contribution in [3.8, 4) is 11.8 Å². The van der Waals surface area contributed by atoms with E-state index in [1.165, 1.54) is 20.1 Å². The molecule has 1 aromatic rings. The number of benzene rings is 1. The Morgan fingerprint density at radius 2 is 2.06 bits per heavy atom. The molecule has 0 bridgehead atoms. The predicted octanol–water partition coefficient (Wildman–Crippen LogP) is 2.19. The van der Waals surface area contributed by atoms with Gasteiger partial charge in [-0.15, -0.1) is 0 Å². The van der Waals surface area contributed by atoms with Crippen LogP contribution in [0, 0.1) is 17.7 Å². The van der Waals surface area contributed by atoms with Gasteiger partial charge in [-0.2, -0.15) is 0 Å². The fourth-order valence-corrected chi connectivity index (χ4v) is 4.16. The number of nitrogens with zero attached hydrogens (tertiary/aromatic N) is 2. The normalized spacial score (nSPS) is 16.8. The number of halogens is 1. The maximum absolute atomic E-state index is 14.4. The average Bonchev–Trinajstić information content (AvgIpc) is 2.71. The van der Waals surface area contributed by atoms with Crippen LogP contribution in [0.3, 0.4) is 0 Å². The second-order valence-electron chi connectivity index (χ2n) is 8.26. The SMILES string of the molecule is COC(=O)[C@@](C)(CCN1CC=C(c2ccc(C#CCN(C)C)c(F)c2)CC1)S(C)(=O)=O. The summed E-state index contributed by atoms with van der Waals surface area (Å²) in [6.07, 6.45) is 3.93. The molecule has 8 heteroatoms. The molecular formula is C23H31FN2O4S. The van der Waals surface area contributed by atoms with Crippen molar-refractivity contribution in [1.82, 2.24) is 9.80 Å². The summed E-state index contributed by atoms with van der Waals surface area (Å²) in [6, 6.07) is 5.09. The van der Waals surface area contributed by atoms with Crippen LogP contribution in [-0.4, -0.2) is 82.6 Å². The van der Waals surface area contributed by atoms with Gasteiger partial charge in [-0.1, -0.05) is 24.0 Å². The molecule has 1 aliphatic rings. The summed E-state index contributed by atoms with van der Waals surface area (Å²) in [5.41, 5.74) is 2.25. The molecule has 2 rings (SSSR count). The van der Waals surface area contributed by atoms with Gasteiger partial charge in [-0.3, -0.25) is 14.6 Å². The van der Waals surface area contributed by atoms with E-state index in [1.807, 2.05) is 31.1 Å². The molecule has 1 aromatic carbocycles. The van der Waals surface area contributed by atoms with E-state index in [9.17, 15) is 17.6 Å². The van der Waals surface area contributed by atoms with Gasteiger partial charge >= 0.3 is 5.97 Å². The van der Waals surface area contributed by atoms with Gasteiger partial charge in [0.1, 0.15) is 5.82 Å². The number of hydrogen-bond acceptors (Lipinski definition) is 6. The first-order valence-electron chi connectivity index (χ1n) is 10.1. The second kappa shape index (κ2) is 10.4. The smallest absolute Gasteiger partial charge is 0.326 e. The van der Waals surface area contributed by atoms with Crippen molar-refractivity contribution < 1.29 is 22.3 Å². The number of carbonyl (C=O) groups excluding carboxylic acids is 1. The van der Waals surface area contributed by atoms with Crippen LogP contribution in [0.2, 0.25) is 0 Å². The summed E-state index contributed by atoms with van der Waals surface area (Å²) in [4.78, 5) is 16.1. The third-order valence-corrected chi connectivity index (χ3v) is 7.60. The molecule has 0 radical (unpaired) electrons. The van der Waals surface area contributed by atoms with Gasteiger partial charge in [-0.25, -0.2) is 12.8 Å². The summed E-state index contributed by atoms with van der Waals surface area (Å²) in [6.45, 7) is 3.71. The van der Waals surface area contributed by atoms with Crippen LogP contribution in [0.1, 0.15) is 30.9 Å². The largest absolute Gasteiger partial charge is 0.468 e. The zero-order valence-corrected chi connectivity index (χ0v) is 19.7. The monoisotopic (exact) mass is 450 g/mol. The van der Waals surface area contributed by atoms with Crippen LogP contribution in [0.4, 0.5) is 4.39 Å². The molecule has 1 atom stereocenters. The lowest BCUT2D eigenvalue weighted by Gasteiger charge is -2.31. The number of methoxy groups -OCH3 is 1. The van der Waals surface area contributed by atoms with Crippen LogP contribution < -0.4 is 0 Å². The molecule has 6 nitrogen and oxygen atoms in total. The number of sulfone groups is 1. The van der Waals surface area contributed by atoms with Crippen LogP contribution in [0.15, 0.2) is 24.3 Å². The van der Waals surface area contributed by atoms with Crippen LogP contribution in [0.5, 0.6) is 0 Å². The van der Waals surface area contributed by atoms with Crippen molar-refractivity contribution >= 4 is 21.4 Å². The van der Waals surface area contributed by atoms with E-state index in [1.54, 1.807) is 6.07 Å². The molecule has 0 N–H and O–H groups in total. The van der Waals surface area contributed by atoms with Crippen molar-refractivity contribution in [2.24, 2.45) is 0 Å². The Bertz CT molecular complexity index is 1010. The molecule has 1 heterocycles. The third-order valence-electron chi connectivity index (χ3n) is 5.59. The molecule has 31 heavy (non-hydrogen) atoms. The minimum Gasteiger partial charge on any atom is -0.468 e. The maximum Gasteiger partial charge on any atom is 0.326 e. The molecule has 0 saturated carbocycles. The molecule has 0 aliphatic carbocycles. The Balaban J connectivity index is 2.04. The van der Waals surface area contributed by atoms with Crippen LogP contribution in [-0.2, 0) is 19.4 Å². The zero-order valence-electron chi connectivity index (χ0n) is 18.9. The molecule has 0 amide bonds. The molecule has 1 aliphatic heterocycles. The Labute approximate surface area is 185 Å². The standard InChI is InChI=1S/C23H31FN2O4S/c1-23(22(27)30-4,31(5,28)29)12-16-26-14-10-18(11-15-26)20-9-8-19(21(24)17-20)7-6-13-25(2)3/h8-10,17H,11-16H2,1-5H3/t23-/m1/s1. The molecule has 0 fully saturated rings. The van der Waals surface area contributed by atoms with E-state index >= 15 is 0 Å². The van der Waals surface area contributed by atoms with E-state index in [2.05, 4.69) is 16.7 Å². The quantitative estimate of drug-likeness (QED) is 0.469. The lowest BCUT2D eigenvalue weighted by molar-refractivity contribution is -0.143. The summed E-state index contributed by atoms with van der Waals surface area (Å²) in [5.74, 6) is 4.71. The molecule has 0 aromatic heterocycles. The van der Waals surface area contributed by atoms with E-state index in [0.29, 0.717) is 38.2 Å². The first-order chi connectivity index (χ1) is 14.5. The minimum atomic E-state index is -3.62. The number of rotatable bonds is 7. The highest BCUT2D eigenvalue weighted by Crippen LogP contribution is 2.27. The maximum atomic E-state index is 14.4. The predicted molar refractivity (Wildman–Crippen MR) is 121 cm³/mol. The van der Waals surface area contributed by atoms with Gasteiger partial charge < -0.3 is 4.74 Å². The number of carbonyl (C=O) groups is 1. The summed E-state index contributed by atoms with van der Waals surface area (Å²) >= 11 is 0. The fraction of sp³-hybridized carbons (Fsp3) is 0.522. The van der Waals surface area contributed by atoms with Gasteiger partial charge in [0.2, 0.25) is 0 Å². The van der Waals surface area contributed by atoms with Crippen molar-refractivity contribution in [1.29, 1.82) is 0 Å². The Morgan fingerprint density at radius 1 is 1.35 bits per heavy atom. The summed E-state index contributed by atoms with van der Waals surface area (Å²) in [5, 5.41) is 0. The Kier molecular flexibility index (Phi) is 8.41. The molecule has 0 unspecified atom stereocenters. The number of esters is 1. The number of hydrogen-bond donors (Lipinski definition) is 0. The van der Waals surface area contributed by atoms with Crippen LogP contribution in [0.25, 0.3) is 5.57 Å². The Morgan fingerprint density at radius 3 is 2.58 bits per heavy atom. The minimum absolute atomic E-state index is 0.149. The molecule has 0 saturated heterocycles. The van der Waals surface area contributed by atoms with Gasteiger partial charge in [0.05, 0.1) is 19.2 Å². The van der Waals surface area contributed by atoms with Gasteiger partial charge in [0.25, 0.3) is 0 Å². The van der Waals surface area contributed by atoms with Crippen molar-refractivity contribution in [2.45, 2.75) is 24.5 Å². The fourth-order valence-electron chi connectivity index (χ4n) is 3.31. The Hall–Kier alpha value is -2.21. The highest BCUT2D eigenvalue weighted by atomic mass is 32.2. The van der Waals surface area contributed by atoms with Gasteiger partial charge in [0, 0.05) is 25.9 Å². The summed E-state index contributed by atoms with van der Waals surface area (Å²) < 4.78 is 41.9. The lowest BCUT2D eigenvalue weighted by atomic mass is 9.97. The number of ether oxygens (including phenoxy) is 1. The first kappa shape index (κ1) is 25.1. The van der Waals surface area contributed by atoms with Gasteiger partial charge in [-0.05, 0) is 57.1 Å². The van der Waals surface area contributed by atoms with Crippen molar-refractivity contribution in [3.05, 3.63) is 41.2 Å². The highest BCUT2D eigenvalue weighted by Gasteiger charge is 2.44. The molecule has 0 spiro atoms. The molecule has 170 valence electrons. The molecular weight excluding hydrogens is 419 g/mol. The summed E-state index contributed by atoms with van der Waals surface area (Å²) in [7, 11) is 1.39. The van der Waals surface area contributed by atoms with Crippen molar-refractivity contribution in [3.63, 3.8) is 0 Å². The first-order valence-corrected chi connectivity index (χ1v) is 12.0. The third kappa shape index (κ3) is 6.39. The van der Waals surface area contributed by atoms with E-state index < -0.39 is 20.6 Å². The van der Waals surface area contributed by atoms with Gasteiger partial charge in [0.15, 0.2) is 14.6 Å². The van der Waals surface area contributed by atoms with E-state index in [0.717, 1.165) is 17.4 Å². The second-order valence-corrected chi connectivity index (χ2v) is 10.7. The van der Waals surface area contributed by atoms with E-state index in [4.69, 9.17) is 4.74 Å². The van der Waals surface area contributed by atoms with Crippen LogP contribution >= 0.6 is 0 Å².